The minimum absolute atomic E-state index is 0.0350. The SMILES string of the molecule is [2H]c1c([2H])c([2H])c(N(c2ccc3c(c2)C(C([2H])([2H])[2H])c2cc4c(cc2-3)Oc2cc(C35CC6CC(CC(C6)C3)C5)cc3c2B4c2cc4c(cc2O3)-c2ccc(N(c3c([2H])c([2H])c([2H])c([2H])c3[2H])c3c([2H])c([2H])c([2H])c([2H])c3[2H])cc2C4(C([2H])([2H])[2H])C([2H])([2H])[2H])c2c([2H])c([2H])c([2H])c([2H])c2[2H])c([2H])c1[2H]. The minimum atomic E-state index is -3.54. The minimum Gasteiger partial charge on any atom is -0.458 e. The number of hydrogen-bond acceptors (Lipinski definition) is 4. The van der Waals surface area contributed by atoms with Gasteiger partial charge in [0, 0.05) is 63.3 Å². The largest absolute Gasteiger partial charge is 0.458 e. The van der Waals surface area contributed by atoms with E-state index in [1.807, 2.05) is 12.1 Å². The predicted molar refractivity (Wildman–Crippen MR) is 304 cm³/mol. The zero-order valence-corrected chi connectivity index (χ0v) is 39.3. The summed E-state index contributed by atoms with van der Waals surface area (Å²) >= 11 is 0. The Balaban J connectivity index is 0.928. The van der Waals surface area contributed by atoms with Gasteiger partial charge in [-0.3, -0.25) is 0 Å². The van der Waals surface area contributed by atoms with Crippen LogP contribution in [0.4, 0.5) is 34.1 Å². The van der Waals surface area contributed by atoms with Crippen molar-refractivity contribution in [2.45, 2.75) is 75.8 Å². The molecular formula is C69H57BN2O2. The fraction of sp³-hybridized carbons (Fsp3) is 0.217. The van der Waals surface area contributed by atoms with Gasteiger partial charge in [-0.15, -0.1) is 0 Å². The molecule has 6 aliphatic carbocycles. The second-order valence-corrected chi connectivity index (χ2v) is 20.9. The molecule has 0 aromatic heterocycles. The Morgan fingerprint density at radius 3 is 1.47 bits per heavy atom. The Kier molecular flexibility index (Phi) is 4.90. The molecule has 9 aromatic rings. The van der Waals surface area contributed by atoms with E-state index in [0.29, 0.717) is 51.3 Å². The fourth-order valence-electron chi connectivity index (χ4n) is 14.2. The van der Waals surface area contributed by atoms with Crippen molar-refractivity contribution in [3.63, 3.8) is 0 Å². The molecule has 0 saturated heterocycles. The molecule has 17 rings (SSSR count). The summed E-state index contributed by atoms with van der Waals surface area (Å²) in [5.41, 5.74) is -4.00. The second-order valence-electron chi connectivity index (χ2n) is 20.9. The number of anilines is 6. The Labute approximate surface area is 476 Å². The van der Waals surface area contributed by atoms with Crippen LogP contribution in [-0.4, -0.2) is 6.71 Å². The van der Waals surface area contributed by atoms with Gasteiger partial charge in [0.15, 0.2) is 0 Å². The van der Waals surface area contributed by atoms with Crippen molar-refractivity contribution in [3.8, 4) is 45.3 Å². The van der Waals surface area contributed by atoms with Crippen LogP contribution in [0.25, 0.3) is 22.3 Å². The number of rotatable bonds is 7. The fourth-order valence-corrected chi connectivity index (χ4v) is 14.2. The molecule has 4 bridgehead atoms. The van der Waals surface area contributed by atoms with Crippen LogP contribution in [0.1, 0.15) is 133 Å². The van der Waals surface area contributed by atoms with Crippen LogP contribution in [0.2, 0.25) is 0 Å². The molecule has 4 saturated carbocycles. The van der Waals surface area contributed by atoms with E-state index in [9.17, 15) is 17.8 Å². The van der Waals surface area contributed by atoms with Crippen molar-refractivity contribution in [2.24, 2.45) is 17.8 Å². The maximum atomic E-state index is 9.57. The number of ether oxygens (including phenoxy) is 2. The van der Waals surface area contributed by atoms with E-state index >= 15 is 0 Å². The van der Waals surface area contributed by atoms with E-state index in [-0.39, 0.29) is 61.6 Å². The monoisotopic (exact) mass is 986 g/mol. The predicted octanol–water partition coefficient (Wildman–Crippen LogP) is 16.3. The highest BCUT2D eigenvalue weighted by atomic mass is 16.5. The average Bonchev–Trinajstić information content (AvgIpc) is 1.58. The van der Waals surface area contributed by atoms with E-state index < -0.39 is 188 Å². The third-order valence-electron chi connectivity index (χ3n) is 16.8. The Morgan fingerprint density at radius 1 is 0.473 bits per heavy atom. The molecule has 2 heterocycles. The number of benzene rings is 9. The van der Waals surface area contributed by atoms with E-state index in [4.69, 9.17) is 31.4 Å². The van der Waals surface area contributed by atoms with E-state index in [1.54, 1.807) is 18.2 Å². The lowest BCUT2D eigenvalue weighted by atomic mass is 9.34. The average molecular weight is 986 g/mol. The molecular weight excluding hydrogens is 900 g/mol. The highest BCUT2D eigenvalue weighted by Gasteiger charge is 2.53. The molecule has 9 aromatic carbocycles. The first-order valence-electron chi connectivity index (χ1n) is 39.3. The van der Waals surface area contributed by atoms with E-state index in [0.717, 1.165) is 60.0 Å². The summed E-state index contributed by atoms with van der Waals surface area (Å²) in [7, 11) is 0. The van der Waals surface area contributed by atoms with Crippen LogP contribution in [0, 0.1) is 17.8 Å². The third kappa shape index (κ3) is 6.22. The van der Waals surface area contributed by atoms with Gasteiger partial charge in [-0.25, -0.2) is 0 Å². The molecule has 0 amide bonds. The molecule has 5 heteroatoms. The molecule has 74 heavy (non-hydrogen) atoms. The maximum absolute atomic E-state index is 9.57. The van der Waals surface area contributed by atoms with Gasteiger partial charge in [0.25, 0.3) is 6.71 Å². The summed E-state index contributed by atoms with van der Waals surface area (Å²) in [5, 5.41) is 0. The number of hydrogen-bond donors (Lipinski definition) is 0. The van der Waals surface area contributed by atoms with Crippen molar-refractivity contribution in [1.82, 2.24) is 0 Å². The molecule has 1 unspecified atom stereocenters. The summed E-state index contributed by atoms with van der Waals surface area (Å²) in [6, 6.07) is 1.77. The van der Waals surface area contributed by atoms with Gasteiger partial charge in [0.1, 0.15) is 23.0 Å². The van der Waals surface area contributed by atoms with Crippen LogP contribution < -0.4 is 35.7 Å². The van der Waals surface area contributed by atoms with Gasteiger partial charge in [0.2, 0.25) is 0 Å². The van der Waals surface area contributed by atoms with Gasteiger partial charge in [-0.05, 0) is 220 Å². The first-order chi connectivity index (χ1) is 48.2. The molecule has 4 nitrogen and oxygen atoms in total. The van der Waals surface area contributed by atoms with Crippen LogP contribution in [0.3, 0.4) is 0 Å². The third-order valence-corrected chi connectivity index (χ3v) is 16.8. The zero-order chi connectivity index (χ0) is 73.9. The Morgan fingerprint density at radius 2 is 0.946 bits per heavy atom. The quantitative estimate of drug-likeness (QED) is 0.149. The van der Waals surface area contributed by atoms with Crippen LogP contribution in [-0.2, 0) is 10.8 Å². The van der Waals surface area contributed by atoms with Crippen molar-refractivity contribution in [3.05, 3.63) is 221 Å². The van der Waals surface area contributed by atoms with Crippen molar-refractivity contribution in [2.75, 3.05) is 9.80 Å². The molecule has 0 spiro atoms. The topological polar surface area (TPSA) is 24.9 Å². The first kappa shape index (κ1) is 23.2. The summed E-state index contributed by atoms with van der Waals surface area (Å²) < 4.78 is 276. The van der Waals surface area contributed by atoms with Crippen molar-refractivity contribution >= 4 is 57.2 Å². The Hall–Kier alpha value is -7.76. The van der Waals surface area contributed by atoms with Gasteiger partial charge in [0.05, 0.1) is 27.4 Å². The van der Waals surface area contributed by atoms with Crippen LogP contribution in [0.15, 0.2) is 194 Å². The summed E-state index contributed by atoms with van der Waals surface area (Å²) in [6.45, 7) is -11.1. The molecule has 0 N–H and O–H groups in total. The number of nitrogens with zero attached hydrogens (tertiary/aromatic N) is 2. The maximum Gasteiger partial charge on any atom is 0.260 e. The zero-order valence-electron chi connectivity index (χ0n) is 68.3. The van der Waals surface area contributed by atoms with Gasteiger partial charge >= 0.3 is 0 Å². The molecule has 1 atom stereocenters. The van der Waals surface area contributed by atoms with Gasteiger partial charge in [-0.2, -0.15) is 0 Å². The Bertz CT molecular complexity index is 5040. The normalized spacial score (nSPS) is 28.1. The van der Waals surface area contributed by atoms with E-state index in [2.05, 4.69) is 0 Å². The summed E-state index contributed by atoms with van der Waals surface area (Å²) in [4.78, 5) is 1.77. The van der Waals surface area contributed by atoms with E-state index in [1.165, 1.54) is 36.4 Å². The van der Waals surface area contributed by atoms with Gasteiger partial charge in [-0.1, -0.05) is 117 Å². The second kappa shape index (κ2) is 15.6. The highest BCUT2D eigenvalue weighted by Crippen LogP contribution is 2.62. The molecule has 358 valence electrons. The summed E-state index contributed by atoms with van der Waals surface area (Å²) in [6.07, 6.45) is 6.13. The van der Waals surface area contributed by atoms with Gasteiger partial charge < -0.3 is 19.3 Å². The molecule has 0 radical (unpaired) electrons. The summed E-state index contributed by atoms with van der Waals surface area (Å²) in [5.74, 6) is 0.977. The van der Waals surface area contributed by atoms with Crippen molar-refractivity contribution in [1.29, 1.82) is 0 Å². The lowest BCUT2D eigenvalue weighted by Gasteiger charge is -2.57. The highest BCUT2D eigenvalue weighted by molar-refractivity contribution is 6.98. The van der Waals surface area contributed by atoms with Crippen molar-refractivity contribution < 1.29 is 49.2 Å². The smallest absolute Gasteiger partial charge is 0.260 e. The molecule has 4 fully saturated rings. The number of fused-ring (bicyclic) bond motifs is 10. The lowest BCUT2D eigenvalue weighted by molar-refractivity contribution is -0.00531. The molecule has 8 aliphatic rings. The lowest BCUT2D eigenvalue weighted by Crippen LogP contribution is -2.58. The van der Waals surface area contributed by atoms with Crippen LogP contribution >= 0.6 is 0 Å². The number of para-hydroxylation sites is 4. The molecule has 2 aliphatic heterocycles. The standard InChI is InChI=1S/C69H57BN2O2/c1-42-55-33-51(71(47-16-8-4-9-17-47)48-18-10-5-11-19-48)24-26-53(55)57-36-63-61(35-56(42)57)70-62-38-60-58(54-27-25-52(34-59(54)68(60,2)3)72(49-20-12-6-13-21-49)50-22-14-7-15-23-50)37-64(62)74-66-32-46(31-65(73-63)67(66)70)69-39-43-28-44(40-69)30-45(29-43)41-69/h4-27,31-38,42-45H,28-30,39-41H2,1-3H3/i1D3,2D3,3D3,4D,5D,6D,7D,8D,9D,10D,11D,12D,13D,14D,15D,16D,17D,18D,19D,20D,21D,22D,23D. The van der Waals surface area contributed by atoms with Crippen LogP contribution in [0.5, 0.6) is 23.0 Å². The first-order valence-corrected chi connectivity index (χ1v) is 24.8.